The number of carbonyl (C=O) groups is 3. The molecule has 0 saturated heterocycles. The summed E-state index contributed by atoms with van der Waals surface area (Å²) in [6.45, 7) is 5.78. The number of benzene rings is 4. The first-order valence-corrected chi connectivity index (χ1v) is 12.2. The van der Waals surface area contributed by atoms with Gasteiger partial charge in [-0.1, -0.05) is 60.7 Å². The Morgan fingerprint density at radius 2 is 0.833 bits per heavy atom. The first-order chi connectivity index (χ1) is 20.1. The van der Waals surface area contributed by atoms with Crippen molar-refractivity contribution in [3.8, 4) is 23.0 Å². The molecule has 8 nitrogen and oxygen atoms in total. The average Bonchev–Trinajstić information content (AvgIpc) is 2.97. The molecule has 0 heterocycles. The quantitative estimate of drug-likeness (QED) is 0.100. The van der Waals surface area contributed by atoms with Crippen molar-refractivity contribution < 1.29 is 39.6 Å². The van der Waals surface area contributed by atoms with Crippen molar-refractivity contribution >= 4 is 36.3 Å². The second-order valence-electron chi connectivity index (χ2n) is 8.09. The zero-order chi connectivity index (χ0) is 31.3. The number of aldehydes is 2. The Labute approximate surface area is 244 Å². The monoisotopic (exact) mass is 567 g/mol. The van der Waals surface area contributed by atoms with Crippen LogP contribution in [0.15, 0.2) is 109 Å². The number of phenols is 4. The van der Waals surface area contributed by atoms with E-state index in [1.165, 1.54) is 24.3 Å². The second-order valence-corrected chi connectivity index (χ2v) is 8.09. The lowest BCUT2D eigenvalue weighted by Crippen LogP contribution is -1.85. The molecule has 0 amide bonds. The van der Waals surface area contributed by atoms with Gasteiger partial charge in [-0.2, -0.15) is 4.79 Å². The number of allylic oxidation sites excluding steroid dienone is 2. The molecule has 0 fully saturated rings. The van der Waals surface area contributed by atoms with Crippen LogP contribution >= 0.6 is 0 Å². The third-order valence-corrected chi connectivity index (χ3v) is 4.87. The highest BCUT2D eigenvalue weighted by atomic mass is 16.3. The fraction of sp³-hybridized carbons (Fsp3) is 0. The number of hydrogen-bond donors (Lipinski definition) is 4. The summed E-state index contributed by atoms with van der Waals surface area (Å²) in [6.07, 6.45) is 7.32. The van der Waals surface area contributed by atoms with Gasteiger partial charge < -0.3 is 20.4 Å². The largest absolute Gasteiger partial charge is 0.507 e. The van der Waals surface area contributed by atoms with Crippen LogP contribution in [0, 0.1) is 13.8 Å². The summed E-state index contributed by atoms with van der Waals surface area (Å²) in [5.41, 5.74) is 1.93. The van der Waals surface area contributed by atoms with Crippen LogP contribution in [0.3, 0.4) is 0 Å². The van der Waals surface area contributed by atoms with Crippen molar-refractivity contribution in [2.45, 2.75) is 0 Å². The van der Waals surface area contributed by atoms with Crippen LogP contribution < -0.4 is 0 Å². The normalized spacial score (nSPS) is 9.71. The SMILES string of the molecule is O=C(C=Cc1ccccc1O)C=Cc1ccccc1O.O=Cc1ccccc1O.Oc1ccccc1C=[OH+].[CH2+]C([CH2+])=O. The third-order valence-electron chi connectivity index (χ3n) is 4.87. The molecule has 5 N–H and O–H groups in total. The van der Waals surface area contributed by atoms with Gasteiger partial charge in [0, 0.05) is 11.1 Å². The summed E-state index contributed by atoms with van der Waals surface area (Å²) in [6, 6.07) is 26.5. The predicted octanol–water partition coefficient (Wildman–Crippen LogP) is 5.74. The van der Waals surface area contributed by atoms with Gasteiger partial charge in [0.15, 0.2) is 25.9 Å². The van der Waals surface area contributed by atoms with Gasteiger partial charge in [0.2, 0.25) is 0 Å². The van der Waals surface area contributed by atoms with Crippen LogP contribution in [0.4, 0.5) is 0 Å². The van der Waals surface area contributed by atoms with Gasteiger partial charge in [-0.15, -0.1) is 0 Å². The Hall–Kier alpha value is -6.02. The number of rotatable bonds is 6. The predicted molar refractivity (Wildman–Crippen MR) is 164 cm³/mol. The van der Waals surface area contributed by atoms with Gasteiger partial charge in [0.1, 0.15) is 28.6 Å². The van der Waals surface area contributed by atoms with E-state index in [0.29, 0.717) is 28.5 Å². The molecule has 0 aliphatic rings. The van der Waals surface area contributed by atoms with Gasteiger partial charge >= 0.3 is 12.1 Å². The molecule has 0 unspecified atom stereocenters. The van der Waals surface area contributed by atoms with Gasteiger partial charge in [-0.25, -0.2) is 0 Å². The van der Waals surface area contributed by atoms with Gasteiger partial charge in [-0.3, -0.25) is 14.4 Å². The van der Waals surface area contributed by atoms with Crippen LogP contribution in [-0.4, -0.2) is 49.4 Å². The summed E-state index contributed by atoms with van der Waals surface area (Å²) in [5, 5.41) is 36.9. The van der Waals surface area contributed by atoms with Gasteiger partial charge in [0.05, 0.1) is 5.56 Å². The van der Waals surface area contributed by atoms with E-state index in [1.807, 2.05) is 0 Å². The third kappa shape index (κ3) is 13.7. The molecule has 42 heavy (non-hydrogen) atoms. The van der Waals surface area contributed by atoms with Crippen molar-refractivity contribution in [2.75, 3.05) is 0 Å². The van der Waals surface area contributed by atoms with Crippen molar-refractivity contribution in [1.29, 1.82) is 0 Å². The molecule has 0 atom stereocenters. The molecule has 0 aromatic heterocycles. The maximum absolute atomic E-state index is 11.7. The van der Waals surface area contributed by atoms with E-state index in [0.717, 1.165) is 6.29 Å². The molecular formula is C34H31O8+3. The van der Waals surface area contributed by atoms with Gasteiger partial charge in [0.25, 0.3) is 0 Å². The molecule has 212 valence electrons. The van der Waals surface area contributed by atoms with Crippen LogP contribution in [0.25, 0.3) is 12.2 Å². The number of aromatic hydroxyl groups is 4. The molecule has 0 spiro atoms. The van der Waals surface area contributed by atoms with E-state index in [9.17, 15) is 24.6 Å². The molecule has 0 saturated carbocycles. The Kier molecular flexibility index (Phi) is 15.5. The minimum absolute atomic E-state index is 0.0347. The minimum Gasteiger partial charge on any atom is -0.507 e. The zero-order valence-corrected chi connectivity index (χ0v) is 22.6. The summed E-state index contributed by atoms with van der Waals surface area (Å²) in [7, 11) is 0. The summed E-state index contributed by atoms with van der Waals surface area (Å²) < 4.78 is 0. The lowest BCUT2D eigenvalue weighted by atomic mass is 10.1. The lowest BCUT2D eigenvalue weighted by molar-refractivity contribution is -0.111. The van der Waals surface area contributed by atoms with Crippen LogP contribution in [-0.2, 0) is 9.59 Å². The van der Waals surface area contributed by atoms with E-state index in [2.05, 4.69) is 13.8 Å². The molecule has 0 radical (unpaired) electrons. The van der Waals surface area contributed by atoms with Gasteiger partial charge in [-0.05, 0) is 60.7 Å². The van der Waals surface area contributed by atoms with Crippen LogP contribution in [0.1, 0.15) is 27.0 Å². The summed E-state index contributed by atoms with van der Waals surface area (Å²) in [4.78, 5) is 39.4. The van der Waals surface area contributed by atoms with Crippen molar-refractivity contribution in [3.05, 3.63) is 145 Å². The van der Waals surface area contributed by atoms with Crippen molar-refractivity contribution in [3.63, 3.8) is 0 Å². The molecule has 0 aliphatic carbocycles. The zero-order valence-electron chi connectivity index (χ0n) is 22.6. The van der Waals surface area contributed by atoms with Crippen LogP contribution in [0.2, 0.25) is 0 Å². The fourth-order valence-corrected chi connectivity index (χ4v) is 2.84. The highest BCUT2D eigenvalue weighted by molar-refractivity contribution is 6.04. The highest BCUT2D eigenvalue weighted by Crippen LogP contribution is 2.18. The van der Waals surface area contributed by atoms with E-state index in [4.69, 9.17) is 15.0 Å². The van der Waals surface area contributed by atoms with Crippen molar-refractivity contribution in [2.24, 2.45) is 0 Å². The maximum atomic E-state index is 11.7. The summed E-state index contributed by atoms with van der Waals surface area (Å²) >= 11 is 0. The fourth-order valence-electron chi connectivity index (χ4n) is 2.84. The molecule has 4 aromatic rings. The Morgan fingerprint density at radius 3 is 1.07 bits per heavy atom. The highest BCUT2D eigenvalue weighted by Gasteiger charge is 1.99. The Bertz CT molecular complexity index is 1410. The maximum Gasteiger partial charge on any atom is 0.474 e. The molecule has 8 heteroatoms. The van der Waals surface area contributed by atoms with E-state index >= 15 is 0 Å². The van der Waals surface area contributed by atoms with E-state index < -0.39 is 0 Å². The summed E-state index contributed by atoms with van der Waals surface area (Å²) in [5.74, 6) is -0.175. The van der Waals surface area contributed by atoms with E-state index in [1.54, 1.807) is 97.1 Å². The van der Waals surface area contributed by atoms with Crippen molar-refractivity contribution in [1.82, 2.24) is 0 Å². The lowest BCUT2D eigenvalue weighted by Gasteiger charge is -1.97. The second kappa shape index (κ2) is 19.1. The minimum atomic E-state index is -0.333. The molecule has 0 aliphatic heterocycles. The molecule has 4 aromatic carbocycles. The number of ketones is 2. The first-order valence-electron chi connectivity index (χ1n) is 12.2. The molecular weight excluding hydrogens is 536 g/mol. The van der Waals surface area contributed by atoms with Crippen LogP contribution in [0.5, 0.6) is 23.0 Å². The van der Waals surface area contributed by atoms with E-state index in [-0.39, 0.29) is 34.6 Å². The standard InChI is InChI=1S/C17H14O3.2C7H6O2.C3H4O/c18-15(11-9-13-5-1-3-7-16(13)19)12-10-14-6-2-4-8-17(14)20;2*8-5-6-3-1-2-4-7(6)9;1-3(2)4/h1-12,19-20H;2*1-5,9H;1-2H2/q;;;+2/p+1. The number of para-hydroxylation sites is 4. The first kappa shape index (κ1) is 34.0. The Morgan fingerprint density at radius 1 is 0.548 bits per heavy atom. The smallest absolute Gasteiger partial charge is 0.474 e. The molecule has 0 bridgehead atoms. The number of Topliss-reactive ketones (excluding diaryl/α,β-unsaturated/α-hetero) is 1. The average molecular weight is 568 g/mol. The number of phenolic OH excluding ortho intramolecular Hbond substituents is 4. The topological polar surface area (TPSA) is 154 Å². The number of hydrogen-bond acceptors (Lipinski definition) is 7. The number of carbonyl (C=O) groups excluding carboxylic acids is 4. The molecule has 4 rings (SSSR count). The Balaban J connectivity index is 0.000000332.